The highest BCUT2D eigenvalue weighted by Gasteiger charge is 2.18. The largest absolute Gasteiger partial charge is 0.480 e. The molecule has 0 saturated carbocycles. The average molecular weight is 376 g/mol. The molecule has 0 aliphatic rings. The number of benzene rings is 1. The topological polar surface area (TPSA) is 78.4 Å². The van der Waals surface area contributed by atoms with Crippen LogP contribution in [0, 0.1) is 10.5 Å². The van der Waals surface area contributed by atoms with Crippen LogP contribution in [0.15, 0.2) is 18.2 Å². The third kappa shape index (κ3) is 5.06. The van der Waals surface area contributed by atoms with E-state index in [-0.39, 0.29) is 0 Å². The number of carbonyl (C=O) groups excluding carboxylic acids is 1. The molecule has 3 N–H and O–H groups in total. The lowest BCUT2D eigenvalue weighted by molar-refractivity contribution is -0.139. The Balaban J connectivity index is 2.68. The highest BCUT2D eigenvalue weighted by atomic mass is 127. The fourth-order valence-electron chi connectivity index (χ4n) is 1.59. The second-order valence-corrected chi connectivity index (χ2v) is 5.48. The number of carboxylic acids is 1. The first-order chi connectivity index (χ1) is 8.93. The highest BCUT2D eigenvalue weighted by Crippen LogP contribution is 2.18. The molecule has 1 aromatic carbocycles. The van der Waals surface area contributed by atoms with Gasteiger partial charge in [-0.15, -0.1) is 0 Å². The monoisotopic (exact) mass is 376 g/mol. The number of anilines is 1. The molecule has 2 amide bonds. The van der Waals surface area contributed by atoms with Crippen LogP contribution in [-0.4, -0.2) is 23.1 Å². The number of carbonyl (C=O) groups is 2. The van der Waals surface area contributed by atoms with Gasteiger partial charge in [0.25, 0.3) is 0 Å². The van der Waals surface area contributed by atoms with Gasteiger partial charge >= 0.3 is 12.0 Å². The van der Waals surface area contributed by atoms with E-state index in [4.69, 9.17) is 5.11 Å². The van der Waals surface area contributed by atoms with E-state index < -0.39 is 18.0 Å². The number of halogens is 1. The van der Waals surface area contributed by atoms with Crippen LogP contribution in [0.4, 0.5) is 10.5 Å². The Morgan fingerprint density at radius 2 is 2.11 bits per heavy atom. The predicted octanol–water partition coefficient (Wildman–Crippen LogP) is 2.97. The number of rotatable bonds is 5. The number of carboxylic acid groups (broad SMARTS) is 1. The Bertz CT molecular complexity index is 477. The standard InChI is InChI=1S/C13H17IN2O3/c1-3-4-10(12(17)18)15-13(19)16-11-7-9(14)6-5-8(11)2/h5-7,10H,3-4H2,1-2H3,(H,17,18)(H2,15,16,19)/t10-/m1/s1. The summed E-state index contributed by atoms with van der Waals surface area (Å²) < 4.78 is 1.00. The number of urea groups is 1. The molecule has 0 unspecified atom stereocenters. The van der Waals surface area contributed by atoms with E-state index >= 15 is 0 Å². The van der Waals surface area contributed by atoms with Crippen LogP contribution in [-0.2, 0) is 4.79 Å². The zero-order chi connectivity index (χ0) is 14.4. The van der Waals surface area contributed by atoms with Crippen molar-refractivity contribution in [1.29, 1.82) is 0 Å². The molecule has 0 radical (unpaired) electrons. The van der Waals surface area contributed by atoms with Crippen molar-refractivity contribution in [2.24, 2.45) is 0 Å². The summed E-state index contributed by atoms with van der Waals surface area (Å²) in [5.41, 5.74) is 1.61. The lowest BCUT2D eigenvalue weighted by atomic mass is 10.2. The van der Waals surface area contributed by atoms with E-state index in [0.717, 1.165) is 9.13 Å². The molecule has 1 rings (SSSR count). The quantitative estimate of drug-likeness (QED) is 0.692. The van der Waals surface area contributed by atoms with Crippen LogP contribution in [0.1, 0.15) is 25.3 Å². The van der Waals surface area contributed by atoms with E-state index in [1.165, 1.54) is 0 Å². The van der Waals surface area contributed by atoms with E-state index in [0.29, 0.717) is 18.5 Å². The van der Waals surface area contributed by atoms with Gasteiger partial charge in [0.05, 0.1) is 0 Å². The SMILES string of the molecule is CCC[C@@H](NC(=O)Nc1cc(I)ccc1C)C(=O)O. The maximum Gasteiger partial charge on any atom is 0.326 e. The second-order valence-electron chi connectivity index (χ2n) is 4.24. The Morgan fingerprint density at radius 1 is 1.42 bits per heavy atom. The molecule has 0 aliphatic carbocycles. The molecule has 1 aromatic rings. The van der Waals surface area contributed by atoms with Gasteiger partial charge in [-0.05, 0) is 53.6 Å². The van der Waals surface area contributed by atoms with Crippen LogP contribution in [0.25, 0.3) is 0 Å². The average Bonchev–Trinajstić information content (AvgIpc) is 2.33. The summed E-state index contributed by atoms with van der Waals surface area (Å²) in [6.07, 6.45) is 1.10. The van der Waals surface area contributed by atoms with Gasteiger partial charge in [-0.1, -0.05) is 19.4 Å². The zero-order valence-corrected chi connectivity index (χ0v) is 13.0. The molecule has 0 saturated heterocycles. The van der Waals surface area contributed by atoms with Gasteiger partial charge in [0.2, 0.25) is 0 Å². The minimum Gasteiger partial charge on any atom is -0.480 e. The third-order valence-corrected chi connectivity index (χ3v) is 3.30. The van der Waals surface area contributed by atoms with Crippen LogP contribution in [0.5, 0.6) is 0 Å². The van der Waals surface area contributed by atoms with Gasteiger partial charge in [0.1, 0.15) is 6.04 Å². The Morgan fingerprint density at radius 3 is 2.68 bits per heavy atom. The van der Waals surface area contributed by atoms with E-state index in [2.05, 4.69) is 33.2 Å². The van der Waals surface area contributed by atoms with Crippen molar-refractivity contribution in [3.8, 4) is 0 Å². The van der Waals surface area contributed by atoms with Crippen molar-refractivity contribution in [2.75, 3.05) is 5.32 Å². The number of nitrogens with one attached hydrogen (secondary N) is 2. The minimum absolute atomic E-state index is 0.411. The van der Waals surface area contributed by atoms with Crippen LogP contribution >= 0.6 is 22.6 Å². The molecule has 0 aromatic heterocycles. The Kier molecular flexibility index (Phi) is 6.07. The fraction of sp³-hybridized carbons (Fsp3) is 0.385. The Hall–Kier alpha value is -1.31. The number of hydrogen-bond acceptors (Lipinski definition) is 2. The van der Waals surface area contributed by atoms with Crippen LogP contribution in [0.2, 0.25) is 0 Å². The number of hydrogen-bond donors (Lipinski definition) is 3. The van der Waals surface area contributed by atoms with Crippen molar-refractivity contribution >= 4 is 40.3 Å². The van der Waals surface area contributed by atoms with Crippen molar-refractivity contribution in [1.82, 2.24) is 5.32 Å². The normalized spacial score (nSPS) is 11.7. The summed E-state index contributed by atoms with van der Waals surface area (Å²) >= 11 is 2.15. The summed E-state index contributed by atoms with van der Waals surface area (Å²) in [6, 6.07) is 4.33. The lowest BCUT2D eigenvalue weighted by Crippen LogP contribution is -2.43. The molecule has 19 heavy (non-hydrogen) atoms. The smallest absolute Gasteiger partial charge is 0.326 e. The first kappa shape index (κ1) is 15.7. The first-order valence-electron chi connectivity index (χ1n) is 6.00. The molecular weight excluding hydrogens is 359 g/mol. The van der Waals surface area contributed by atoms with Crippen molar-refractivity contribution < 1.29 is 14.7 Å². The molecule has 0 fully saturated rings. The first-order valence-corrected chi connectivity index (χ1v) is 7.08. The maximum absolute atomic E-state index is 11.8. The molecule has 104 valence electrons. The fourth-order valence-corrected chi connectivity index (χ4v) is 2.08. The van der Waals surface area contributed by atoms with Gasteiger partial charge in [0.15, 0.2) is 0 Å². The molecule has 0 heterocycles. The molecular formula is C13H17IN2O3. The summed E-state index contributed by atoms with van der Waals surface area (Å²) in [6.45, 7) is 3.76. The summed E-state index contributed by atoms with van der Waals surface area (Å²) in [7, 11) is 0. The molecule has 1 atom stereocenters. The third-order valence-electron chi connectivity index (χ3n) is 2.63. The molecule has 0 bridgehead atoms. The predicted molar refractivity (Wildman–Crippen MR) is 82.4 cm³/mol. The number of amides is 2. The summed E-state index contributed by atoms with van der Waals surface area (Å²) in [5, 5.41) is 14.1. The Labute approximate surface area is 125 Å². The van der Waals surface area contributed by atoms with Gasteiger partial charge in [-0.2, -0.15) is 0 Å². The van der Waals surface area contributed by atoms with E-state index in [9.17, 15) is 9.59 Å². The summed E-state index contributed by atoms with van der Waals surface area (Å²) in [4.78, 5) is 22.7. The molecule has 5 nitrogen and oxygen atoms in total. The van der Waals surface area contributed by atoms with Gasteiger partial charge in [-0.25, -0.2) is 9.59 Å². The lowest BCUT2D eigenvalue weighted by Gasteiger charge is -2.15. The van der Waals surface area contributed by atoms with Crippen molar-refractivity contribution in [3.63, 3.8) is 0 Å². The van der Waals surface area contributed by atoms with Crippen LogP contribution in [0.3, 0.4) is 0 Å². The van der Waals surface area contributed by atoms with Crippen LogP contribution < -0.4 is 10.6 Å². The number of aryl methyl sites for hydroxylation is 1. The number of aliphatic carboxylic acids is 1. The minimum atomic E-state index is -1.02. The van der Waals surface area contributed by atoms with Gasteiger partial charge in [0, 0.05) is 9.26 Å². The van der Waals surface area contributed by atoms with E-state index in [1.54, 1.807) is 0 Å². The maximum atomic E-state index is 11.8. The summed E-state index contributed by atoms with van der Waals surface area (Å²) in [5.74, 6) is -1.02. The van der Waals surface area contributed by atoms with Crippen molar-refractivity contribution in [3.05, 3.63) is 27.3 Å². The highest BCUT2D eigenvalue weighted by molar-refractivity contribution is 14.1. The van der Waals surface area contributed by atoms with E-state index in [1.807, 2.05) is 32.0 Å². The second kappa shape index (κ2) is 7.32. The van der Waals surface area contributed by atoms with Crippen molar-refractivity contribution in [2.45, 2.75) is 32.7 Å². The molecule has 0 spiro atoms. The zero-order valence-electron chi connectivity index (χ0n) is 10.9. The van der Waals surface area contributed by atoms with Gasteiger partial charge < -0.3 is 15.7 Å². The van der Waals surface area contributed by atoms with Gasteiger partial charge in [-0.3, -0.25) is 0 Å². The molecule has 0 aliphatic heterocycles. The molecule has 6 heteroatoms.